The molecule has 3 nitrogen and oxygen atoms in total. The Hall–Kier alpha value is -1.94. The lowest BCUT2D eigenvalue weighted by atomic mass is 9.97. The number of fused-ring (bicyclic) bond motifs is 3. The van der Waals surface area contributed by atoms with Gasteiger partial charge in [-0.3, -0.25) is 4.57 Å². The fraction of sp³-hybridized carbons (Fsp3) is 0.125. The van der Waals surface area contributed by atoms with Crippen LogP contribution >= 0.6 is 34.9 Å². The van der Waals surface area contributed by atoms with Crippen molar-refractivity contribution in [2.75, 3.05) is 5.73 Å². The molecule has 3 aromatic rings. The second-order valence-corrected chi connectivity index (χ2v) is 7.77. The van der Waals surface area contributed by atoms with Crippen molar-refractivity contribution < 1.29 is 0 Å². The van der Waals surface area contributed by atoms with Crippen LogP contribution in [0.25, 0.3) is 15.4 Å². The van der Waals surface area contributed by atoms with Crippen molar-refractivity contribution in [3.05, 3.63) is 51.1 Å². The normalized spacial score (nSPS) is 12.5. The molecule has 1 aromatic carbocycles. The Morgan fingerprint density at radius 3 is 2.64 bits per heavy atom. The van der Waals surface area contributed by atoms with Gasteiger partial charge in [0.05, 0.1) is 15.3 Å². The van der Waals surface area contributed by atoms with Crippen LogP contribution in [0.3, 0.4) is 0 Å². The first-order chi connectivity index (χ1) is 10.7. The molecule has 4 rings (SSSR count). The largest absolute Gasteiger partial charge is 0.389 e. The molecule has 1 aliphatic rings. The topological polar surface area (TPSA) is 54.7 Å². The molecule has 0 atom stereocenters. The molecule has 1 aliphatic carbocycles. The van der Waals surface area contributed by atoms with Gasteiger partial charge in [-0.25, -0.2) is 0 Å². The maximum absolute atomic E-state index is 9.30. The molecule has 0 amide bonds. The number of anilines is 1. The molecule has 2 heterocycles. The minimum atomic E-state index is 0.617. The second-order valence-electron chi connectivity index (χ2n) is 5.08. The zero-order chi connectivity index (χ0) is 15.3. The first-order valence-electron chi connectivity index (χ1n) is 6.82. The summed E-state index contributed by atoms with van der Waals surface area (Å²) in [6, 6.07) is 12.4. The van der Waals surface area contributed by atoms with Crippen LogP contribution in [0.4, 0.5) is 5.00 Å². The molecule has 108 valence electrons. The molecule has 0 saturated carbocycles. The molecule has 22 heavy (non-hydrogen) atoms. The zero-order valence-electron chi connectivity index (χ0n) is 11.5. The maximum atomic E-state index is 9.30. The number of nitriles is 1. The van der Waals surface area contributed by atoms with E-state index in [4.69, 9.17) is 18.0 Å². The molecular formula is C16H11N3S3. The van der Waals surface area contributed by atoms with E-state index < -0.39 is 0 Å². The summed E-state index contributed by atoms with van der Waals surface area (Å²) in [6.07, 6.45) is 1.73. The number of nitrogens with two attached hydrogens (primary N) is 1. The monoisotopic (exact) mass is 341 g/mol. The Morgan fingerprint density at radius 2 is 1.91 bits per heavy atom. The van der Waals surface area contributed by atoms with E-state index in [-0.39, 0.29) is 0 Å². The van der Waals surface area contributed by atoms with Crippen molar-refractivity contribution in [3.63, 3.8) is 0 Å². The number of hydrogen-bond acceptors (Lipinski definition) is 5. The number of aromatic nitrogens is 1. The standard InChI is InChI=1S/C16H11N3S3/c17-8-11-10-6-7-12-14(13(10)21-15(11)18)22-16(20)19(12)9-4-2-1-3-5-9/h1-5H,6-7,18H2. The number of rotatable bonds is 1. The van der Waals surface area contributed by atoms with E-state index >= 15 is 0 Å². The molecule has 0 aliphatic heterocycles. The van der Waals surface area contributed by atoms with Crippen molar-refractivity contribution in [2.45, 2.75) is 12.8 Å². The lowest BCUT2D eigenvalue weighted by molar-refractivity contribution is 0.852. The minimum absolute atomic E-state index is 0.617. The predicted octanol–water partition coefficient (Wildman–Crippen LogP) is 4.55. The van der Waals surface area contributed by atoms with Crippen LogP contribution in [0, 0.1) is 15.3 Å². The summed E-state index contributed by atoms with van der Waals surface area (Å²) in [7, 11) is 0. The van der Waals surface area contributed by atoms with Crippen molar-refractivity contribution in [1.29, 1.82) is 5.26 Å². The van der Waals surface area contributed by atoms with Crippen LogP contribution < -0.4 is 5.73 Å². The molecule has 0 saturated heterocycles. The Kier molecular flexibility index (Phi) is 3.15. The van der Waals surface area contributed by atoms with Crippen LogP contribution in [0.2, 0.25) is 0 Å². The number of benzene rings is 1. The van der Waals surface area contributed by atoms with Crippen LogP contribution in [0.5, 0.6) is 0 Å². The summed E-state index contributed by atoms with van der Waals surface area (Å²) < 4.78 is 3.00. The summed E-state index contributed by atoms with van der Waals surface area (Å²) in [6.45, 7) is 0. The van der Waals surface area contributed by atoms with Crippen molar-refractivity contribution in [1.82, 2.24) is 4.57 Å². The highest BCUT2D eigenvalue weighted by Crippen LogP contribution is 2.46. The summed E-state index contributed by atoms with van der Waals surface area (Å²) in [5, 5.41) is 9.92. The van der Waals surface area contributed by atoms with E-state index in [1.54, 1.807) is 11.3 Å². The third kappa shape index (κ3) is 1.87. The number of thiophene rings is 1. The number of hydrogen-bond donors (Lipinski definition) is 1. The van der Waals surface area contributed by atoms with E-state index in [0.717, 1.165) is 32.9 Å². The Bertz CT molecular complexity index is 971. The molecule has 2 aromatic heterocycles. The van der Waals surface area contributed by atoms with E-state index in [9.17, 15) is 5.26 Å². The summed E-state index contributed by atoms with van der Waals surface area (Å²) in [5.41, 5.74) is 10.1. The Labute approximate surface area is 140 Å². The molecule has 0 bridgehead atoms. The minimum Gasteiger partial charge on any atom is -0.389 e. The second kappa shape index (κ2) is 5.06. The van der Waals surface area contributed by atoms with Gasteiger partial charge >= 0.3 is 0 Å². The predicted molar refractivity (Wildman–Crippen MR) is 94.3 cm³/mol. The van der Waals surface area contributed by atoms with Crippen molar-refractivity contribution in [2.24, 2.45) is 0 Å². The number of thiazole rings is 1. The maximum Gasteiger partial charge on any atom is 0.166 e. The fourth-order valence-electron chi connectivity index (χ4n) is 2.92. The van der Waals surface area contributed by atoms with Crippen molar-refractivity contribution >= 4 is 39.9 Å². The van der Waals surface area contributed by atoms with Gasteiger partial charge in [-0.15, -0.1) is 22.7 Å². The van der Waals surface area contributed by atoms with Gasteiger partial charge in [-0.2, -0.15) is 5.26 Å². The van der Waals surface area contributed by atoms with Crippen LogP contribution in [-0.4, -0.2) is 4.57 Å². The first-order valence-corrected chi connectivity index (χ1v) is 8.86. The zero-order valence-corrected chi connectivity index (χ0v) is 13.9. The first kappa shape index (κ1) is 13.7. The summed E-state index contributed by atoms with van der Waals surface area (Å²) >= 11 is 8.71. The smallest absolute Gasteiger partial charge is 0.166 e. The summed E-state index contributed by atoms with van der Waals surface area (Å²) in [4.78, 5) is 2.30. The summed E-state index contributed by atoms with van der Waals surface area (Å²) in [5.74, 6) is 0. The highest BCUT2D eigenvalue weighted by atomic mass is 32.1. The number of nitrogen functional groups attached to an aromatic ring is 1. The lowest BCUT2D eigenvalue weighted by Crippen LogP contribution is -2.07. The number of nitrogens with zero attached hydrogens (tertiary/aromatic N) is 2. The van der Waals surface area contributed by atoms with Gasteiger partial charge in [-0.05, 0) is 42.8 Å². The molecule has 0 unspecified atom stereocenters. The molecular weight excluding hydrogens is 330 g/mol. The molecule has 2 N–H and O–H groups in total. The van der Waals surface area contributed by atoms with E-state index in [1.807, 2.05) is 18.2 Å². The third-order valence-corrected chi connectivity index (χ3v) is 6.52. The van der Waals surface area contributed by atoms with Gasteiger partial charge in [0, 0.05) is 11.4 Å². The lowest BCUT2D eigenvalue weighted by Gasteiger charge is -2.15. The van der Waals surface area contributed by atoms with Crippen LogP contribution in [0.15, 0.2) is 30.3 Å². The fourth-order valence-corrected chi connectivity index (χ4v) is 5.67. The SMILES string of the molecule is N#Cc1c(N)sc2c1CCc1c-2sc(=S)n1-c1ccccc1. The van der Waals surface area contributed by atoms with E-state index in [1.165, 1.54) is 21.9 Å². The molecule has 0 radical (unpaired) electrons. The quantitative estimate of drug-likeness (QED) is 0.661. The highest BCUT2D eigenvalue weighted by molar-refractivity contribution is 7.73. The average molecular weight is 341 g/mol. The molecule has 0 spiro atoms. The Morgan fingerprint density at radius 1 is 1.14 bits per heavy atom. The van der Waals surface area contributed by atoms with Crippen molar-refractivity contribution in [3.8, 4) is 21.5 Å². The third-order valence-electron chi connectivity index (χ3n) is 3.88. The Balaban J connectivity index is 1.99. The van der Waals surface area contributed by atoms with Gasteiger partial charge in [-0.1, -0.05) is 18.2 Å². The van der Waals surface area contributed by atoms with E-state index in [0.29, 0.717) is 10.6 Å². The van der Waals surface area contributed by atoms with Gasteiger partial charge in [0.1, 0.15) is 11.1 Å². The van der Waals surface area contributed by atoms with Crippen LogP contribution in [0.1, 0.15) is 16.8 Å². The van der Waals surface area contributed by atoms with Gasteiger partial charge < -0.3 is 5.73 Å². The van der Waals surface area contributed by atoms with E-state index in [2.05, 4.69) is 22.8 Å². The number of para-hydroxylation sites is 1. The highest BCUT2D eigenvalue weighted by Gasteiger charge is 2.27. The van der Waals surface area contributed by atoms with Gasteiger partial charge in [0.25, 0.3) is 0 Å². The van der Waals surface area contributed by atoms with Crippen LogP contribution in [-0.2, 0) is 12.8 Å². The molecule has 6 heteroatoms. The van der Waals surface area contributed by atoms with Gasteiger partial charge in [0.2, 0.25) is 0 Å². The average Bonchev–Trinajstić information content (AvgIpc) is 3.03. The molecule has 0 fully saturated rings. The van der Waals surface area contributed by atoms with Gasteiger partial charge in [0.15, 0.2) is 3.95 Å².